The molecular weight excluding hydrogens is 216 g/mol. The maximum absolute atomic E-state index is 8.99. The molecule has 0 saturated carbocycles. The predicted octanol–water partition coefficient (Wildman–Crippen LogP) is 1.01. The van der Waals surface area contributed by atoms with Crippen LogP contribution in [0.3, 0.4) is 0 Å². The van der Waals surface area contributed by atoms with Crippen LogP contribution in [0.5, 0.6) is 5.75 Å². The number of ether oxygens (including phenoxy) is 1. The Labute approximate surface area is 103 Å². The molecule has 96 valence electrons. The van der Waals surface area contributed by atoms with Gasteiger partial charge in [0.15, 0.2) is 0 Å². The molecule has 1 aromatic carbocycles. The second-order valence-corrected chi connectivity index (χ2v) is 4.28. The van der Waals surface area contributed by atoms with Crippen molar-refractivity contribution in [3.63, 3.8) is 0 Å². The van der Waals surface area contributed by atoms with Gasteiger partial charge in [0.1, 0.15) is 5.75 Å². The number of methoxy groups -OCH3 is 1. The Kier molecular flexibility index (Phi) is 5.41. The van der Waals surface area contributed by atoms with Crippen molar-refractivity contribution in [3.05, 3.63) is 29.8 Å². The molecule has 2 atom stereocenters. The third-order valence-electron chi connectivity index (χ3n) is 2.88. The Morgan fingerprint density at radius 3 is 2.35 bits per heavy atom. The van der Waals surface area contributed by atoms with Crippen molar-refractivity contribution in [1.29, 1.82) is 0 Å². The lowest BCUT2D eigenvalue weighted by Gasteiger charge is -2.31. The largest absolute Gasteiger partial charge is 0.497 e. The van der Waals surface area contributed by atoms with Gasteiger partial charge in [-0.3, -0.25) is 4.90 Å². The van der Waals surface area contributed by atoms with Crippen molar-refractivity contribution >= 4 is 0 Å². The van der Waals surface area contributed by atoms with Crippen LogP contribution in [0.4, 0.5) is 0 Å². The van der Waals surface area contributed by atoms with E-state index in [9.17, 15) is 0 Å². The molecule has 0 aliphatic heterocycles. The van der Waals surface area contributed by atoms with E-state index in [-0.39, 0.29) is 18.7 Å². The normalized spacial score (nSPS) is 14.7. The summed E-state index contributed by atoms with van der Waals surface area (Å²) in [5, 5.41) is 8.99. The van der Waals surface area contributed by atoms with Crippen molar-refractivity contribution in [2.45, 2.75) is 19.0 Å². The van der Waals surface area contributed by atoms with Crippen LogP contribution in [0.2, 0.25) is 0 Å². The third-order valence-corrected chi connectivity index (χ3v) is 2.88. The Bertz CT molecular complexity index is 325. The van der Waals surface area contributed by atoms with E-state index in [1.54, 1.807) is 7.11 Å². The van der Waals surface area contributed by atoms with E-state index in [2.05, 4.69) is 4.90 Å². The van der Waals surface area contributed by atoms with Gasteiger partial charge in [-0.15, -0.1) is 0 Å². The lowest BCUT2D eigenvalue weighted by atomic mass is 9.99. The number of rotatable bonds is 6. The topological polar surface area (TPSA) is 58.7 Å². The minimum atomic E-state index is -0.0000510. The van der Waals surface area contributed by atoms with E-state index >= 15 is 0 Å². The molecule has 0 amide bonds. The van der Waals surface area contributed by atoms with E-state index < -0.39 is 0 Å². The molecule has 4 heteroatoms. The number of hydrogen-bond acceptors (Lipinski definition) is 4. The fourth-order valence-corrected chi connectivity index (χ4v) is 2.06. The molecule has 0 spiro atoms. The van der Waals surface area contributed by atoms with E-state index in [1.165, 1.54) is 0 Å². The molecule has 2 unspecified atom stereocenters. The molecule has 0 saturated heterocycles. The first-order chi connectivity index (χ1) is 8.10. The average Bonchev–Trinajstić information content (AvgIpc) is 2.30. The zero-order chi connectivity index (χ0) is 12.8. The Hall–Kier alpha value is -1.10. The lowest BCUT2D eigenvalue weighted by Crippen LogP contribution is -2.38. The fraction of sp³-hybridized carbons (Fsp3) is 0.538. The van der Waals surface area contributed by atoms with E-state index in [0.29, 0.717) is 6.54 Å². The highest BCUT2D eigenvalue weighted by Crippen LogP contribution is 2.24. The number of benzene rings is 1. The highest BCUT2D eigenvalue weighted by Gasteiger charge is 2.20. The molecule has 1 rings (SSSR count). The molecule has 0 bridgehead atoms. The summed E-state index contributed by atoms with van der Waals surface area (Å²) in [4.78, 5) is 2.06. The molecule has 0 aliphatic rings. The predicted molar refractivity (Wildman–Crippen MR) is 69.1 cm³/mol. The molecule has 0 radical (unpaired) electrons. The van der Waals surface area contributed by atoms with E-state index in [4.69, 9.17) is 15.6 Å². The second-order valence-electron chi connectivity index (χ2n) is 4.28. The van der Waals surface area contributed by atoms with E-state index in [1.807, 2.05) is 38.2 Å². The van der Waals surface area contributed by atoms with Gasteiger partial charge in [0.05, 0.1) is 13.7 Å². The summed E-state index contributed by atoms with van der Waals surface area (Å²) in [6.07, 6.45) is 0. The number of nitrogens with two attached hydrogens (primary N) is 1. The van der Waals surface area contributed by atoms with Crippen LogP contribution in [0.15, 0.2) is 24.3 Å². The summed E-state index contributed by atoms with van der Waals surface area (Å²) in [6, 6.07) is 7.99. The number of hydrogen-bond donors (Lipinski definition) is 2. The molecule has 0 heterocycles. The number of nitrogens with zero attached hydrogens (tertiary/aromatic N) is 1. The standard InChI is InChI=1S/C13H22N2O2/c1-10(14)13(15(2)8-9-16)11-4-6-12(17-3)7-5-11/h4-7,10,13,16H,8-9,14H2,1-3H3. The zero-order valence-electron chi connectivity index (χ0n) is 10.8. The zero-order valence-corrected chi connectivity index (χ0v) is 10.8. The Balaban J connectivity index is 2.89. The molecular formula is C13H22N2O2. The number of aliphatic hydroxyl groups is 1. The van der Waals surface area contributed by atoms with Crippen molar-refractivity contribution in [2.75, 3.05) is 27.3 Å². The first-order valence-corrected chi connectivity index (χ1v) is 5.80. The average molecular weight is 238 g/mol. The summed E-state index contributed by atoms with van der Waals surface area (Å²) in [6.45, 7) is 2.72. The van der Waals surface area contributed by atoms with Gasteiger partial charge in [-0.2, -0.15) is 0 Å². The highest BCUT2D eigenvalue weighted by molar-refractivity contribution is 5.29. The van der Waals surface area contributed by atoms with Crippen LogP contribution in [-0.2, 0) is 0 Å². The van der Waals surface area contributed by atoms with Crippen molar-refractivity contribution in [3.8, 4) is 5.75 Å². The SMILES string of the molecule is COc1ccc(C(C(C)N)N(C)CCO)cc1. The van der Waals surface area contributed by atoms with Gasteiger partial charge < -0.3 is 15.6 Å². The van der Waals surface area contributed by atoms with Crippen molar-refractivity contribution < 1.29 is 9.84 Å². The molecule has 0 aromatic heterocycles. The molecule has 17 heavy (non-hydrogen) atoms. The van der Waals surface area contributed by atoms with Crippen molar-refractivity contribution in [2.24, 2.45) is 5.73 Å². The first kappa shape index (κ1) is 14.0. The summed E-state index contributed by atoms with van der Waals surface area (Å²) in [5.41, 5.74) is 7.15. The minimum Gasteiger partial charge on any atom is -0.497 e. The molecule has 3 N–H and O–H groups in total. The first-order valence-electron chi connectivity index (χ1n) is 5.80. The summed E-state index contributed by atoms with van der Waals surface area (Å²) < 4.78 is 5.13. The van der Waals surface area contributed by atoms with Gasteiger partial charge in [-0.25, -0.2) is 0 Å². The van der Waals surface area contributed by atoms with Gasteiger partial charge in [0.2, 0.25) is 0 Å². The Morgan fingerprint density at radius 2 is 1.94 bits per heavy atom. The molecule has 0 aliphatic carbocycles. The van der Waals surface area contributed by atoms with Gasteiger partial charge >= 0.3 is 0 Å². The van der Waals surface area contributed by atoms with Crippen LogP contribution < -0.4 is 10.5 Å². The van der Waals surface area contributed by atoms with Crippen LogP contribution in [0.25, 0.3) is 0 Å². The fourth-order valence-electron chi connectivity index (χ4n) is 2.06. The van der Waals surface area contributed by atoms with Crippen LogP contribution in [-0.4, -0.2) is 43.4 Å². The summed E-state index contributed by atoms with van der Waals surface area (Å²) in [7, 11) is 3.62. The van der Waals surface area contributed by atoms with Crippen LogP contribution in [0.1, 0.15) is 18.5 Å². The molecule has 1 aromatic rings. The van der Waals surface area contributed by atoms with Gasteiger partial charge in [0, 0.05) is 18.6 Å². The third kappa shape index (κ3) is 3.70. The minimum absolute atomic E-state index is 0.0000510. The maximum Gasteiger partial charge on any atom is 0.118 e. The monoisotopic (exact) mass is 238 g/mol. The lowest BCUT2D eigenvalue weighted by molar-refractivity contribution is 0.167. The summed E-state index contributed by atoms with van der Waals surface area (Å²) in [5.74, 6) is 0.835. The Morgan fingerprint density at radius 1 is 1.35 bits per heavy atom. The van der Waals surface area contributed by atoms with Gasteiger partial charge in [-0.1, -0.05) is 12.1 Å². The molecule has 4 nitrogen and oxygen atoms in total. The van der Waals surface area contributed by atoms with Crippen LogP contribution >= 0.6 is 0 Å². The second kappa shape index (κ2) is 6.59. The van der Waals surface area contributed by atoms with Gasteiger partial charge in [0.25, 0.3) is 0 Å². The van der Waals surface area contributed by atoms with Gasteiger partial charge in [-0.05, 0) is 31.7 Å². The maximum atomic E-state index is 8.99. The highest BCUT2D eigenvalue weighted by atomic mass is 16.5. The van der Waals surface area contributed by atoms with Crippen molar-refractivity contribution in [1.82, 2.24) is 4.90 Å². The number of aliphatic hydroxyl groups excluding tert-OH is 1. The summed E-state index contributed by atoms with van der Waals surface area (Å²) >= 11 is 0. The number of likely N-dealkylation sites (N-methyl/N-ethyl adjacent to an activating group) is 1. The smallest absolute Gasteiger partial charge is 0.118 e. The molecule has 0 fully saturated rings. The van der Waals surface area contributed by atoms with E-state index in [0.717, 1.165) is 11.3 Å². The van der Waals surface area contributed by atoms with Crippen LogP contribution in [0, 0.1) is 0 Å². The quantitative estimate of drug-likeness (QED) is 0.776.